The number of hydrogen-bond acceptors (Lipinski definition) is 6. The zero-order chi connectivity index (χ0) is 26.4. The molecule has 0 bridgehead atoms. The number of amides is 1. The number of nitriles is 1. The van der Waals surface area contributed by atoms with Gasteiger partial charge in [-0.15, -0.1) is 0 Å². The minimum Gasteiger partial charge on any atom is -0.495 e. The largest absolute Gasteiger partial charge is 0.495 e. The predicted octanol–water partition coefficient (Wildman–Crippen LogP) is 5.95. The number of carbonyl (C=O) groups excluding carboxylic acids is 2. The average molecular weight is 510 g/mol. The van der Waals surface area contributed by atoms with E-state index in [0.717, 1.165) is 11.1 Å². The summed E-state index contributed by atoms with van der Waals surface area (Å²) in [5.41, 5.74) is 4.49. The van der Waals surface area contributed by atoms with E-state index in [1.807, 2.05) is 80.6 Å². The first-order valence-corrected chi connectivity index (χ1v) is 12.8. The van der Waals surface area contributed by atoms with E-state index in [4.69, 9.17) is 4.74 Å². The fourth-order valence-electron chi connectivity index (χ4n) is 4.20. The first kappa shape index (κ1) is 25.8. The maximum Gasteiger partial charge on any atom is 0.254 e. The zero-order valence-electron chi connectivity index (χ0n) is 20.9. The highest BCUT2D eigenvalue weighted by Crippen LogP contribution is 2.41. The molecule has 3 aromatic carbocycles. The van der Waals surface area contributed by atoms with Crippen LogP contribution in [0.5, 0.6) is 5.75 Å². The Hall–Kier alpha value is -4.28. The van der Waals surface area contributed by atoms with E-state index >= 15 is 0 Å². The molecule has 186 valence electrons. The molecule has 0 fully saturated rings. The standard InChI is InChI=1S/C30H27N3O3S/c1-19-13-15-21(16-14-19)25(34)18-37-30-23(17-31)28(22-9-5-4-6-10-22)27(20(2)32-30)29(35)33-24-11-7-8-12-26(24)36-3/h4-16,28,32H,18H2,1-3H3,(H,33,35)/t28-/m0/s1. The van der Waals surface area contributed by atoms with Gasteiger partial charge in [0.25, 0.3) is 5.91 Å². The van der Waals surface area contributed by atoms with Crippen LogP contribution in [0.2, 0.25) is 0 Å². The molecule has 0 aromatic heterocycles. The van der Waals surface area contributed by atoms with Crippen molar-refractivity contribution < 1.29 is 14.3 Å². The Kier molecular flexibility index (Phi) is 8.11. The monoisotopic (exact) mass is 509 g/mol. The number of hydrogen-bond donors (Lipinski definition) is 2. The molecule has 1 aliphatic rings. The number of benzene rings is 3. The van der Waals surface area contributed by atoms with Gasteiger partial charge in [-0.25, -0.2) is 0 Å². The Labute approximate surface area is 221 Å². The van der Waals surface area contributed by atoms with E-state index in [0.29, 0.717) is 38.9 Å². The molecule has 7 heteroatoms. The normalized spacial score (nSPS) is 15.0. The summed E-state index contributed by atoms with van der Waals surface area (Å²) < 4.78 is 5.39. The van der Waals surface area contributed by atoms with Gasteiger partial charge in [-0.05, 0) is 31.5 Å². The van der Waals surface area contributed by atoms with Gasteiger partial charge >= 0.3 is 0 Å². The SMILES string of the molecule is COc1ccccc1NC(=O)C1=C(C)NC(SCC(=O)c2ccc(C)cc2)=C(C#N)[C@@H]1c1ccccc1. The third kappa shape index (κ3) is 5.76. The number of allylic oxidation sites excluding steroid dienone is 2. The number of aryl methyl sites for hydroxylation is 1. The van der Waals surface area contributed by atoms with E-state index in [9.17, 15) is 14.9 Å². The van der Waals surface area contributed by atoms with Crippen molar-refractivity contribution in [3.63, 3.8) is 0 Å². The minimum absolute atomic E-state index is 0.0332. The molecule has 0 saturated heterocycles. The second kappa shape index (κ2) is 11.6. The van der Waals surface area contributed by atoms with Crippen molar-refractivity contribution in [1.82, 2.24) is 5.32 Å². The second-order valence-electron chi connectivity index (χ2n) is 8.59. The van der Waals surface area contributed by atoms with Crippen LogP contribution in [0.1, 0.15) is 34.3 Å². The molecular weight excluding hydrogens is 482 g/mol. The fourth-order valence-corrected chi connectivity index (χ4v) is 5.19. The van der Waals surface area contributed by atoms with Crippen molar-refractivity contribution in [2.45, 2.75) is 19.8 Å². The highest BCUT2D eigenvalue weighted by atomic mass is 32.2. The number of nitrogens with one attached hydrogen (secondary N) is 2. The van der Waals surface area contributed by atoms with Crippen LogP contribution >= 0.6 is 11.8 Å². The quantitative estimate of drug-likeness (QED) is 0.365. The van der Waals surface area contributed by atoms with E-state index < -0.39 is 5.92 Å². The molecule has 2 N–H and O–H groups in total. The summed E-state index contributed by atoms with van der Waals surface area (Å²) >= 11 is 1.27. The van der Waals surface area contributed by atoms with Crippen LogP contribution in [0.3, 0.4) is 0 Å². The topological polar surface area (TPSA) is 91.2 Å². The molecule has 0 radical (unpaired) electrons. The average Bonchev–Trinajstić information content (AvgIpc) is 2.92. The Balaban J connectivity index is 1.67. The van der Waals surface area contributed by atoms with Crippen molar-refractivity contribution in [3.05, 3.63) is 117 Å². The molecular formula is C30H27N3O3S. The van der Waals surface area contributed by atoms with Gasteiger partial charge in [-0.2, -0.15) is 5.26 Å². The van der Waals surface area contributed by atoms with E-state index in [-0.39, 0.29) is 17.4 Å². The van der Waals surface area contributed by atoms with E-state index in [1.165, 1.54) is 11.8 Å². The smallest absolute Gasteiger partial charge is 0.254 e. The Morgan fingerprint density at radius 3 is 2.35 bits per heavy atom. The Bertz CT molecular complexity index is 1420. The molecule has 0 spiro atoms. The number of anilines is 1. The van der Waals surface area contributed by atoms with Crippen LogP contribution in [0.25, 0.3) is 0 Å². The van der Waals surface area contributed by atoms with Crippen LogP contribution in [0.15, 0.2) is 101 Å². The minimum atomic E-state index is -0.598. The molecule has 3 aromatic rings. The van der Waals surface area contributed by atoms with Gasteiger partial charge in [-0.3, -0.25) is 9.59 Å². The van der Waals surface area contributed by atoms with Gasteiger partial charge < -0.3 is 15.4 Å². The number of methoxy groups -OCH3 is 1. The lowest BCUT2D eigenvalue weighted by Crippen LogP contribution is -2.31. The summed E-state index contributed by atoms with van der Waals surface area (Å²) in [6, 6.07) is 26.4. The molecule has 0 unspecified atom stereocenters. The molecule has 1 amide bonds. The number of Topliss-reactive ketones (excluding diaryl/α,β-unsaturated/α-hetero) is 1. The first-order chi connectivity index (χ1) is 17.9. The molecule has 0 saturated carbocycles. The van der Waals surface area contributed by atoms with Crippen molar-refractivity contribution in [1.29, 1.82) is 5.26 Å². The van der Waals surface area contributed by atoms with Gasteiger partial charge in [0.15, 0.2) is 5.78 Å². The van der Waals surface area contributed by atoms with Gasteiger partial charge in [0.1, 0.15) is 5.75 Å². The number of carbonyl (C=O) groups is 2. The molecule has 1 atom stereocenters. The van der Waals surface area contributed by atoms with Gasteiger partial charge in [0, 0.05) is 16.8 Å². The molecule has 6 nitrogen and oxygen atoms in total. The predicted molar refractivity (Wildman–Crippen MR) is 147 cm³/mol. The summed E-state index contributed by atoms with van der Waals surface area (Å²) in [5.74, 6) is -0.269. The van der Waals surface area contributed by atoms with Crippen LogP contribution in [0.4, 0.5) is 5.69 Å². The third-order valence-corrected chi connectivity index (χ3v) is 7.12. The molecule has 4 rings (SSSR count). The van der Waals surface area contributed by atoms with Crippen molar-refractivity contribution >= 4 is 29.1 Å². The molecule has 0 aliphatic carbocycles. The van der Waals surface area contributed by atoms with Crippen molar-refractivity contribution in [3.8, 4) is 11.8 Å². The summed E-state index contributed by atoms with van der Waals surface area (Å²) in [4.78, 5) is 26.4. The molecule has 1 aliphatic heterocycles. The van der Waals surface area contributed by atoms with Crippen molar-refractivity contribution in [2.75, 3.05) is 18.2 Å². The Morgan fingerprint density at radius 2 is 1.68 bits per heavy atom. The highest BCUT2D eigenvalue weighted by Gasteiger charge is 2.35. The summed E-state index contributed by atoms with van der Waals surface area (Å²) in [5, 5.41) is 17.0. The maximum absolute atomic E-state index is 13.6. The van der Waals surface area contributed by atoms with Crippen LogP contribution in [-0.2, 0) is 4.79 Å². The first-order valence-electron chi connectivity index (χ1n) is 11.8. The van der Waals surface area contributed by atoms with E-state index in [2.05, 4.69) is 16.7 Å². The summed E-state index contributed by atoms with van der Waals surface area (Å²) in [6.07, 6.45) is 0. The highest BCUT2D eigenvalue weighted by molar-refractivity contribution is 8.03. The number of dihydropyridines is 1. The summed E-state index contributed by atoms with van der Waals surface area (Å²) in [7, 11) is 1.54. The fraction of sp³-hybridized carbons (Fsp3) is 0.167. The number of ether oxygens (including phenoxy) is 1. The number of thioether (sulfide) groups is 1. The number of ketones is 1. The van der Waals surface area contributed by atoms with Gasteiger partial charge in [0.05, 0.1) is 41.1 Å². The van der Waals surface area contributed by atoms with Gasteiger partial charge in [0.2, 0.25) is 0 Å². The van der Waals surface area contributed by atoms with Crippen molar-refractivity contribution in [2.24, 2.45) is 0 Å². The summed E-state index contributed by atoms with van der Waals surface area (Å²) in [6.45, 7) is 3.78. The van der Waals surface area contributed by atoms with Crippen LogP contribution < -0.4 is 15.4 Å². The van der Waals surface area contributed by atoms with E-state index in [1.54, 1.807) is 19.2 Å². The maximum atomic E-state index is 13.6. The number of nitrogens with zero attached hydrogens (tertiary/aromatic N) is 1. The Morgan fingerprint density at radius 1 is 1.00 bits per heavy atom. The molecule has 37 heavy (non-hydrogen) atoms. The second-order valence-corrected chi connectivity index (χ2v) is 9.58. The van der Waals surface area contributed by atoms with Gasteiger partial charge in [-0.1, -0.05) is 84.1 Å². The number of rotatable bonds is 8. The zero-order valence-corrected chi connectivity index (χ0v) is 21.7. The lowest BCUT2D eigenvalue weighted by Gasteiger charge is -2.30. The lowest BCUT2D eigenvalue weighted by molar-refractivity contribution is -0.113. The van der Waals surface area contributed by atoms with Crippen LogP contribution in [0, 0.1) is 18.3 Å². The van der Waals surface area contributed by atoms with Crippen LogP contribution in [-0.4, -0.2) is 24.6 Å². The third-order valence-electron chi connectivity index (χ3n) is 6.10. The number of para-hydroxylation sites is 2. The molecule has 1 heterocycles. The lowest BCUT2D eigenvalue weighted by atomic mass is 9.82.